The SMILES string of the molecule is NC(=O)CC(NC(=O)C(Cc1c[nH]c2ccccc12)NC(=O)C(N)Cc1cnc[nH]1)C(=O)NC(Cc1c[nH]c2ccccc12)C(=O)O. The van der Waals surface area contributed by atoms with Gasteiger partial charge in [-0.05, 0) is 23.3 Å². The van der Waals surface area contributed by atoms with Gasteiger partial charge in [-0.2, -0.15) is 0 Å². The summed E-state index contributed by atoms with van der Waals surface area (Å²) in [4.78, 5) is 77.5. The maximum Gasteiger partial charge on any atom is 0.326 e. The molecule has 15 heteroatoms. The van der Waals surface area contributed by atoms with Crippen molar-refractivity contribution in [1.29, 1.82) is 0 Å². The quantitative estimate of drug-likeness (QED) is 0.0758. The first kappa shape index (κ1) is 32.4. The summed E-state index contributed by atoms with van der Waals surface area (Å²) in [7, 11) is 0. The fourth-order valence-electron chi connectivity index (χ4n) is 5.41. The molecule has 3 heterocycles. The number of amides is 4. The number of carboxylic acids is 1. The van der Waals surface area contributed by atoms with Crippen molar-refractivity contribution in [2.24, 2.45) is 11.5 Å². The van der Waals surface area contributed by atoms with Crippen molar-refractivity contribution in [3.8, 4) is 0 Å². The van der Waals surface area contributed by atoms with Gasteiger partial charge in [0.25, 0.3) is 0 Å². The Balaban J connectivity index is 1.34. The summed E-state index contributed by atoms with van der Waals surface area (Å²) >= 11 is 0. The number of carboxylic acid groups (broad SMARTS) is 1. The number of hydrogen-bond acceptors (Lipinski definition) is 7. The Kier molecular flexibility index (Phi) is 9.96. The summed E-state index contributed by atoms with van der Waals surface area (Å²) in [5.74, 6) is -4.60. The van der Waals surface area contributed by atoms with Crippen LogP contribution in [0.2, 0.25) is 0 Å². The van der Waals surface area contributed by atoms with Crippen LogP contribution >= 0.6 is 0 Å². The molecule has 11 N–H and O–H groups in total. The maximum absolute atomic E-state index is 13.8. The Morgan fingerprint density at radius 1 is 0.723 bits per heavy atom. The Hall–Kier alpha value is -5.96. The minimum atomic E-state index is -1.54. The van der Waals surface area contributed by atoms with Gasteiger partial charge in [-0.15, -0.1) is 0 Å². The molecule has 0 saturated carbocycles. The number of benzene rings is 2. The number of nitrogens with two attached hydrogens (primary N) is 2. The van der Waals surface area contributed by atoms with Crippen molar-refractivity contribution in [2.75, 3.05) is 0 Å². The summed E-state index contributed by atoms with van der Waals surface area (Å²) in [5.41, 5.74) is 15.1. The second-order valence-electron chi connectivity index (χ2n) is 11.2. The van der Waals surface area contributed by atoms with Crippen LogP contribution in [0.25, 0.3) is 21.8 Å². The van der Waals surface area contributed by atoms with E-state index in [1.807, 2.05) is 48.5 Å². The lowest BCUT2D eigenvalue weighted by atomic mass is 10.0. The molecule has 0 aliphatic rings. The van der Waals surface area contributed by atoms with E-state index in [2.05, 4.69) is 35.9 Å². The molecule has 2 aromatic carbocycles. The largest absolute Gasteiger partial charge is 0.480 e. The first-order valence-electron chi connectivity index (χ1n) is 14.8. The minimum absolute atomic E-state index is 0.00158. The van der Waals surface area contributed by atoms with E-state index in [0.29, 0.717) is 16.8 Å². The molecule has 0 saturated heterocycles. The van der Waals surface area contributed by atoms with Gasteiger partial charge in [0.15, 0.2) is 0 Å². The number of primary amides is 1. The number of para-hydroxylation sites is 2. The average molecular weight is 642 g/mol. The van der Waals surface area contributed by atoms with Crippen LogP contribution in [-0.2, 0) is 43.2 Å². The molecule has 244 valence electrons. The number of aliphatic carboxylic acids is 1. The van der Waals surface area contributed by atoms with Gasteiger partial charge in [0.05, 0.1) is 18.8 Å². The molecule has 0 fully saturated rings. The van der Waals surface area contributed by atoms with Crippen molar-refractivity contribution in [2.45, 2.75) is 49.9 Å². The lowest BCUT2D eigenvalue weighted by molar-refractivity contribution is -0.142. The van der Waals surface area contributed by atoms with Gasteiger partial charge < -0.3 is 47.5 Å². The Bertz CT molecular complexity index is 1900. The molecule has 0 bridgehead atoms. The molecule has 4 amide bonds. The average Bonchev–Trinajstić information content (AvgIpc) is 3.80. The molecular weight excluding hydrogens is 606 g/mol. The molecule has 0 spiro atoms. The zero-order chi connectivity index (χ0) is 33.5. The maximum atomic E-state index is 13.8. The number of nitrogens with zero attached hydrogens (tertiary/aromatic N) is 1. The lowest BCUT2D eigenvalue weighted by Crippen LogP contribution is -2.58. The Labute approximate surface area is 267 Å². The standard InChI is InChI=1S/C32H35N9O6/c33-22(11-19-15-35-16-38-19)29(43)39-25(9-17-13-36-23-7-3-1-5-20(17)23)30(44)40-26(12-28(34)42)31(45)41-27(32(46)47)10-18-14-37-24-8-4-2-6-21(18)24/h1-8,13-16,22,25-27,36-37H,9-12,33H2,(H2,34,42)(H,35,38)(H,39,43)(H,40,44)(H,41,45)(H,46,47). The van der Waals surface area contributed by atoms with E-state index in [0.717, 1.165) is 21.8 Å². The fraction of sp³-hybridized carbons (Fsp3) is 0.250. The molecule has 5 aromatic rings. The third-order valence-corrected chi connectivity index (χ3v) is 7.82. The highest BCUT2D eigenvalue weighted by molar-refractivity contribution is 5.97. The highest BCUT2D eigenvalue weighted by Crippen LogP contribution is 2.21. The summed E-state index contributed by atoms with van der Waals surface area (Å²) in [6, 6.07) is 9.47. The number of carbonyl (C=O) groups excluding carboxylic acids is 4. The van der Waals surface area contributed by atoms with Crippen LogP contribution in [0.3, 0.4) is 0 Å². The minimum Gasteiger partial charge on any atom is -0.480 e. The number of carbonyl (C=O) groups is 5. The van der Waals surface area contributed by atoms with Crippen LogP contribution in [-0.4, -0.2) is 78.8 Å². The third kappa shape index (κ3) is 8.01. The monoisotopic (exact) mass is 641 g/mol. The van der Waals surface area contributed by atoms with Crippen LogP contribution in [0, 0.1) is 0 Å². The summed E-state index contributed by atoms with van der Waals surface area (Å²) in [6.07, 6.45) is 5.77. The topological polar surface area (TPSA) is 254 Å². The van der Waals surface area contributed by atoms with E-state index in [4.69, 9.17) is 11.5 Å². The van der Waals surface area contributed by atoms with Crippen LogP contribution in [0.4, 0.5) is 0 Å². The number of aromatic nitrogens is 4. The van der Waals surface area contributed by atoms with Gasteiger partial charge in [-0.3, -0.25) is 19.2 Å². The molecular formula is C32H35N9O6. The third-order valence-electron chi connectivity index (χ3n) is 7.82. The molecule has 4 unspecified atom stereocenters. The Morgan fingerprint density at radius 2 is 1.26 bits per heavy atom. The van der Waals surface area contributed by atoms with Gasteiger partial charge in [-0.25, -0.2) is 9.78 Å². The molecule has 0 aliphatic carbocycles. The number of imidazole rings is 1. The second-order valence-corrected chi connectivity index (χ2v) is 11.2. The summed E-state index contributed by atoms with van der Waals surface area (Å²) in [5, 5.41) is 19.1. The molecule has 4 atom stereocenters. The normalized spacial score (nSPS) is 13.8. The summed E-state index contributed by atoms with van der Waals surface area (Å²) < 4.78 is 0. The lowest BCUT2D eigenvalue weighted by Gasteiger charge is -2.25. The smallest absolute Gasteiger partial charge is 0.326 e. The number of H-pyrrole nitrogens is 3. The van der Waals surface area contributed by atoms with E-state index in [1.165, 1.54) is 12.5 Å². The zero-order valence-electron chi connectivity index (χ0n) is 25.2. The fourth-order valence-corrected chi connectivity index (χ4v) is 5.41. The highest BCUT2D eigenvalue weighted by atomic mass is 16.4. The molecule has 3 aromatic heterocycles. The van der Waals surface area contributed by atoms with Crippen molar-refractivity contribution in [1.82, 2.24) is 35.9 Å². The number of fused-ring (bicyclic) bond motifs is 2. The molecule has 15 nitrogen and oxygen atoms in total. The predicted octanol–water partition coefficient (Wildman–Crippen LogP) is 0.142. The number of aromatic amines is 3. The number of nitrogens with one attached hydrogen (secondary N) is 6. The van der Waals surface area contributed by atoms with E-state index in [-0.39, 0.29) is 19.3 Å². The van der Waals surface area contributed by atoms with Gasteiger partial charge in [0.1, 0.15) is 18.1 Å². The van der Waals surface area contributed by atoms with Gasteiger partial charge in [-0.1, -0.05) is 36.4 Å². The highest BCUT2D eigenvalue weighted by Gasteiger charge is 2.32. The second kappa shape index (κ2) is 14.4. The number of rotatable bonds is 15. The van der Waals surface area contributed by atoms with Crippen molar-refractivity contribution < 1.29 is 29.1 Å². The molecule has 47 heavy (non-hydrogen) atoms. The van der Waals surface area contributed by atoms with E-state index in [1.54, 1.807) is 12.4 Å². The van der Waals surface area contributed by atoms with Crippen molar-refractivity contribution >= 4 is 51.4 Å². The predicted molar refractivity (Wildman–Crippen MR) is 172 cm³/mol. The van der Waals surface area contributed by atoms with E-state index < -0.39 is 60.2 Å². The molecule has 0 aliphatic heterocycles. The van der Waals surface area contributed by atoms with Crippen LogP contribution in [0.15, 0.2) is 73.4 Å². The molecule has 5 rings (SSSR count). The van der Waals surface area contributed by atoms with E-state index >= 15 is 0 Å². The van der Waals surface area contributed by atoms with Gasteiger partial charge >= 0.3 is 5.97 Å². The van der Waals surface area contributed by atoms with Crippen LogP contribution in [0.5, 0.6) is 0 Å². The zero-order valence-corrected chi connectivity index (χ0v) is 25.2. The van der Waals surface area contributed by atoms with Crippen LogP contribution < -0.4 is 27.4 Å². The van der Waals surface area contributed by atoms with Gasteiger partial charge in [0.2, 0.25) is 23.6 Å². The number of hydrogen-bond donors (Lipinski definition) is 9. The Morgan fingerprint density at radius 3 is 1.81 bits per heavy atom. The first-order chi connectivity index (χ1) is 22.6. The summed E-state index contributed by atoms with van der Waals surface area (Å²) in [6.45, 7) is 0. The van der Waals surface area contributed by atoms with Crippen molar-refractivity contribution in [3.63, 3.8) is 0 Å². The van der Waals surface area contributed by atoms with E-state index in [9.17, 15) is 29.1 Å². The van der Waals surface area contributed by atoms with Gasteiger partial charge in [0, 0.05) is 65.4 Å². The molecule has 0 radical (unpaired) electrons. The van der Waals surface area contributed by atoms with Crippen molar-refractivity contribution in [3.05, 3.63) is 90.3 Å². The first-order valence-corrected chi connectivity index (χ1v) is 14.8. The van der Waals surface area contributed by atoms with Crippen LogP contribution in [0.1, 0.15) is 23.2 Å².